The molecule has 7 aromatic rings. The van der Waals surface area contributed by atoms with Crippen molar-refractivity contribution in [2.45, 2.75) is 82.0 Å². The summed E-state index contributed by atoms with van der Waals surface area (Å²) in [5, 5.41) is 0. The van der Waals surface area contributed by atoms with Gasteiger partial charge >= 0.3 is 0 Å². The highest BCUT2D eigenvalue weighted by atomic mass is 15.1. The summed E-state index contributed by atoms with van der Waals surface area (Å²) in [6, 6.07) is 66.9. The van der Waals surface area contributed by atoms with E-state index < -0.39 is 5.41 Å². The van der Waals surface area contributed by atoms with Gasteiger partial charge in [-0.05, 0) is 166 Å². The SMILES string of the molecule is C=C1CC(CC)CC(C)(c2ccc(N(c3ccc(-c4ccc5c(c4)C(c4ccccc4)(c4ccccc4)c4ccccc4-5)cc3)c3ccc(C4CC5CCC4C5)cc3)cc2)C1. The number of anilines is 3. The predicted molar refractivity (Wildman–Crippen MR) is 256 cm³/mol. The lowest BCUT2D eigenvalue weighted by molar-refractivity contribution is 0.281. The summed E-state index contributed by atoms with van der Waals surface area (Å²) in [5.74, 6) is 3.24. The second kappa shape index (κ2) is 15.2. The van der Waals surface area contributed by atoms with E-state index >= 15 is 0 Å². The van der Waals surface area contributed by atoms with Crippen LogP contribution in [0.5, 0.6) is 0 Å². The molecule has 1 heteroatoms. The number of nitrogens with zero attached hydrogens (tertiary/aromatic N) is 1. The molecule has 7 aromatic carbocycles. The minimum Gasteiger partial charge on any atom is -0.311 e. The molecule has 0 aliphatic heterocycles. The van der Waals surface area contributed by atoms with Gasteiger partial charge in [0.25, 0.3) is 0 Å². The van der Waals surface area contributed by atoms with E-state index in [4.69, 9.17) is 0 Å². The maximum absolute atomic E-state index is 4.49. The summed E-state index contributed by atoms with van der Waals surface area (Å²) in [5.41, 5.74) is 18.0. The van der Waals surface area contributed by atoms with Crippen LogP contribution in [0, 0.1) is 17.8 Å². The molecule has 0 aromatic heterocycles. The van der Waals surface area contributed by atoms with Gasteiger partial charge in [0.2, 0.25) is 0 Å². The molecular formula is C60H57N. The molecule has 11 rings (SSSR count). The van der Waals surface area contributed by atoms with E-state index in [1.54, 1.807) is 0 Å². The fourth-order valence-corrected chi connectivity index (χ4v) is 12.7. The fourth-order valence-electron chi connectivity index (χ4n) is 12.7. The van der Waals surface area contributed by atoms with Gasteiger partial charge in [-0.1, -0.05) is 172 Å². The maximum atomic E-state index is 4.49. The molecular weight excluding hydrogens is 735 g/mol. The van der Waals surface area contributed by atoms with Crippen LogP contribution in [0.15, 0.2) is 188 Å². The Hall–Kier alpha value is -5.92. The Morgan fingerprint density at radius 2 is 1.16 bits per heavy atom. The van der Waals surface area contributed by atoms with Gasteiger partial charge in [0.05, 0.1) is 5.41 Å². The number of rotatable bonds is 9. The Kier molecular flexibility index (Phi) is 9.49. The highest BCUT2D eigenvalue weighted by Gasteiger charge is 2.46. The second-order valence-electron chi connectivity index (χ2n) is 19.3. The monoisotopic (exact) mass is 791 g/mol. The van der Waals surface area contributed by atoms with E-state index in [-0.39, 0.29) is 5.41 Å². The summed E-state index contributed by atoms with van der Waals surface area (Å²) in [7, 11) is 0. The lowest BCUT2D eigenvalue weighted by Gasteiger charge is -2.40. The first-order chi connectivity index (χ1) is 29.9. The van der Waals surface area contributed by atoms with Gasteiger partial charge in [-0.3, -0.25) is 0 Å². The van der Waals surface area contributed by atoms with Crippen molar-refractivity contribution in [3.8, 4) is 22.3 Å². The molecule has 0 saturated heterocycles. The van der Waals surface area contributed by atoms with Crippen LogP contribution in [0.4, 0.5) is 17.1 Å². The van der Waals surface area contributed by atoms with Gasteiger partial charge in [-0.25, -0.2) is 0 Å². The number of hydrogen-bond acceptors (Lipinski definition) is 1. The third-order valence-electron chi connectivity index (χ3n) is 15.6. The van der Waals surface area contributed by atoms with Crippen molar-refractivity contribution in [1.29, 1.82) is 0 Å². The van der Waals surface area contributed by atoms with Crippen molar-refractivity contribution in [2.75, 3.05) is 4.90 Å². The summed E-state index contributed by atoms with van der Waals surface area (Å²) in [6.45, 7) is 9.29. The highest BCUT2D eigenvalue weighted by Crippen LogP contribution is 2.57. The van der Waals surface area contributed by atoms with Crippen molar-refractivity contribution in [3.05, 3.63) is 221 Å². The molecule has 2 bridgehead atoms. The van der Waals surface area contributed by atoms with Crippen LogP contribution < -0.4 is 4.90 Å². The van der Waals surface area contributed by atoms with Crippen LogP contribution in [0.25, 0.3) is 22.3 Å². The Labute approximate surface area is 363 Å². The van der Waals surface area contributed by atoms with Crippen molar-refractivity contribution >= 4 is 17.1 Å². The lowest BCUT2D eigenvalue weighted by Crippen LogP contribution is -2.30. The standard InChI is InChI=1S/C60H57N/c1-4-42-35-41(2)39-59(3,40-42)48-26-32-53(33-27-48)61(52-30-23-45(24-31-52)56-37-43-19-20-47(56)36-43)51-28-21-44(22-29-51)46-25-34-55-54-17-11-12-18-57(54)60(58(55)38-46,49-13-7-5-8-14-49)50-15-9-6-10-16-50/h5-18,21-34,38,42-43,47,56H,2,4,19-20,35-37,39-40H2,1,3H3. The quantitative estimate of drug-likeness (QED) is 0.132. The predicted octanol–water partition coefficient (Wildman–Crippen LogP) is 16.1. The molecule has 5 atom stereocenters. The first-order valence-electron chi connectivity index (χ1n) is 23.0. The Morgan fingerprint density at radius 3 is 1.79 bits per heavy atom. The van der Waals surface area contributed by atoms with Gasteiger partial charge in [-0.15, -0.1) is 0 Å². The third kappa shape index (κ3) is 6.43. The van der Waals surface area contributed by atoms with E-state index in [9.17, 15) is 0 Å². The average Bonchev–Trinajstić information content (AvgIpc) is 4.03. The number of fused-ring (bicyclic) bond motifs is 5. The molecule has 1 nitrogen and oxygen atoms in total. The normalized spacial score (nSPS) is 23.4. The van der Waals surface area contributed by atoms with Crippen molar-refractivity contribution < 1.29 is 0 Å². The molecule has 5 unspecified atom stereocenters. The summed E-state index contributed by atoms with van der Waals surface area (Å²) < 4.78 is 0. The van der Waals surface area contributed by atoms with Gasteiger partial charge < -0.3 is 4.90 Å². The van der Waals surface area contributed by atoms with E-state index in [0.717, 1.165) is 24.2 Å². The van der Waals surface area contributed by atoms with Crippen LogP contribution >= 0.6 is 0 Å². The Morgan fingerprint density at radius 1 is 0.574 bits per heavy atom. The van der Waals surface area contributed by atoms with Crippen LogP contribution in [0.3, 0.4) is 0 Å². The van der Waals surface area contributed by atoms with Crippen molar-refractivity contribution in [3.63, 3.8) is 0 Å². The lowest BCUT2D eigenvalue weighted by atomic mass is 9.65. The number of allylic oxidation sites excluding steroid dienone is 1. The van der Waals surface area contributed by atoms with Crippen LogP contribution in [0.2, 0.25) is 0 Å². The molecule has 0 radical (unpaired) electrons. The third-order valence-corrected chi connectivity index (χ3v) is 15.6. The molecule has 3 fully saturated rings. The first kappa shape index (κ1) is 38.0. The zero-order chi connectivity index (χ0) is 41.1. The molecule has 0 spiro atoms. The zero-order valence-corrected chi connectivity index (χ0v) is 35.9. The smallest absolute Gasteiger partial charge is 0.0713 e. The zero-order valence-electron chi connectivity index (χ0n) is 35.9. The molecule has 302 valence electrons. The van der Waals surface area contributed by atoms with Crippen molar-refractivity contribution in [2.24, 2.45) is 17.8 Å². The van der Waals surface area contributed by atoms with Gasteiger partial charge in [0.15, 0.2) is 0 Å². The van der Waals surface area contributed by atoms with Gasteiger partial charge in [-0.2, -0.15) is 0 Å². The Balaban J connectivity index is 0.979. The number of hydrogen-bond donors (Lipinski definition) is 0. The van der Waals surface area contributed by atoms with E-state index in [1.807, 2.05) is 0 Å². The molecule has 4 aliphatic carbocycles. The second-order valence-corrected chi connectivity index (χ2v) is 19.3. The topological polar surface area (TPSA) is 3.24 Å². The molecule has 4 aliphatic rings. The van der Waals surface area contributed by atoms with Gasteiger partial charge in [0, 0.05) is 17.1 Å². The van der Waals surface area contributed by atoms with Crippen LogP contribution in [-0.2, 0) is 10.8 Å². The summed E-state index contributed by atoms with van der Waals surface area (Å²) in [4.78, 5) is 2.46. The molecule has 0 heterocycles. The van der Waals surface area contributed by atoms with Crippen LogP contribution in [0.1, 0.15) is 105 Å². The van der Waals surface area contributed by atoms with Crippen molar-refractivity contribution in [1.82, 2.24) is 0 Å². The van der Waals surface area contributed by atoms with E-state index in [0.29, 0.717) is 5.92 Å². The van der Waals surface area contributed by atoms with Crippen LogP contribution in [-0.4, -0.2) is 0 Å². The molecule has 0 N–H and O–H groups in total. The Bertz CT molecular complexity index is 2650. The number of benzene rings is 7. The molecule has 61 heavy (non-hydrogen) atoms. The highest BCUT2D eigenvalue weighted by molar-refractivity contribution is 5.88. The maximum Gasteiger partial charge on any atom is 0.0713 e. The average molecular weight is 792 g/mol. The fraction of sp³-hybridized carbons (Fsp3) is 0.267. The van der Waals surface area contributed by atoms with E-state index in [2.05, 4.69) is 201 Å². The minimum atomic E-state index is -0.420. The molecule has 0 amide bonds. The van der Waals surface area contributed by atoms with E-state index in [1.165, 1.54) is 123 Å². The summed E-state index contributed by atoms with van der Waals surface area (Å²) in [6.07, 6.45) is 10.3. The minimum absolute atomic E-state index is 0.124. The molecule has 3 saturated carbocycles. The summed E-state index contributed by atoms with van der Waals surface area (Å²) >= 11 is 0. The largest absolute Gasteiger partial charge is 0.311 e. The van der Waals surface area contributed by atoms with Gasteiger partial charge in [0.1, 0.15) is 0 Å². The first-order valence-corrected chi connectivity index (χ1v) is 23.0.